The van der Waals surface area contributed by atoms with Crippen LogP contribution in [-0.4, -0.2) is 39.1 Å². The lowest BCUT2D eigenvalue weighted by Gasteiger charge is -2.24. The van der Waals surface area contributed by atoms with E-state index >= 15 is 0 Å². The van der Waals surface area contributed by atoms with Gasteiger partial charge in [0.25, 0.3) is 0 Å². The van der Waals surface area contributed by atoms with Crippen molar-refractivity contribution in [3.63, 3.8) is 0 Å². The minimum Gasteiger partial charge on any atom is -0.300 e. The maximum Gasteiger partial charge on any atom is 0.420 e. The molecule has 3 heterocycles. The molecule has 0 unspecified atom stereocenters. The molecule has 0 aliphatic carbocycles. The van der Waals surface area contributed by atoms with E-state index in [4.69, 9.17) is 23.8 Å². The first-order valence-electron chi connectivity index (χ1n) is 9.10. The highest BCUT2D eigenvalue weighted by Crippen LogP contribution is 2.31. The molecule has 2 aromatic heterocycles. The van der Waals surface area contributed by atoms with Crippen LogP contribution in [-0.2, 0) is 6.18 Å². The number of pyridine rings is 1. The van der Waals surface area contributed by atoms with Crippen molar-refractivity contribution in [3.05, 3.63) is 69.6 Å². The SMILES string of the molecule is CCN1CC=C(c2ccc(Cl)cc2)CC1.FC(F)(F)c1cccn2c(=S)[nH]nc12. The van der Waals surface area contributed by atoms with E-state index in [1.165, 1.54) is 34.3 Å². The molecule has 0 fully saturated rings. The summed E-state index contributed by atoms with van der Waals surface area (Å²) in [5.74, 6) is 0. The first-order valence-corrected chi connectivity index (χ1v) is 9.88. The number of fused-ring (bicyclic) bond motifs is 1. The van der Waals surface area contributed by atoms with Gasteiger partial charge in [-0.15, -0.1) is 0 Å². The van der Waals surface area contributed by atoms with Crippen molar-refractivity contribution in [2.24, 2.45) is 0 Å². The van der Waals surface area contributed by atoms with E-state index in [0.29, 0.717) is 0 Å². The van der Waals surface area contributed by atoms with Crippen molar-refractivity contribution in [2.75, 3.05) is 19.6 Å². The van der Waals surface area contributed by atoms with E-state index in [9.17, 15) is 13.2 Å². The lowest BCUT2D eigenvalue weighted by molar-refractivity contribution is -0.136. The second-order valence-corrected chi connectivity index (χ2v) is 7.34. The second kappa shape index (κ2) is 9.11. The first kappa shape index (κ1) is 21.5. The molecule has 3 aromatic rings. The van der Waals surface area contributed by atoms with Crippen LogP contribution < -0.4 is 0 Å². The van der Waals surface area contributed by atoms with Gasteiger partial charge in [-0.05, 0) is 60.6 Å². The van der Waals surface area contributed by atoms with Gasteiger partial charge in [-0.2, -0.15) is 18.3 Å². The molecule has 0 bridgehead atoms. The molecular weight excluding hydrogens is 421 g/mol. The van der Waals surface area contributed by atoms with Gasteiger partial charge in [-0.3, -0.25) is 14.4 Å². The van der Waals surface area contributed by atoms with Crippen LogP contribution in [0.25, 0.3) is 11.2 Å². The Morgan fingerprint density at radius 1 is 1.21 bits per heavy atom. The van der Waals surface area contributed by atoms with Crippen molar-refractivity contribution < 1.29 is 13.2 Å². The summed E-state index contributed by atoms with van der Waals surface area (Å²) in [6, 6.07) is 10.4. The molecule has 29 heavy (non-hydrogen) atoms. The van der Waals surface area contributed by atoms with Gasteiger partial charge in [0.1, 0.15) is 5.56 Å². The average molecular weight is 441 g/mol. The quantitative estimate of drug-likeness (QED) is 0.507. The van der Waals surface area contributed by atoms with Gasteiger partial charge in [0, 0.05) is 24.3 Å². The minimum absolute atomic E-state index is 0.145. The second-order valence-electron chi connectivity index (χ2n) is 6.52. The van der Waals surface area contributed by atoms with Crippen LogP contribution >= 0.6 is 23.8 Å². The molecule has 1 aliphatic rings. The molecule has 0 saturated carbocycles. The summed E-state index contributed by atoms with van der Waals surface area (Å²) < 4.78 is 38.6. The molecule has 1 aromatic carbocycles. The highest BCUT2D eigenvalue weighted by molar-refractivity contribution is 7.71. The Labute approximate surface area is 176 Å². The van der Waals surface area contributed by atoms with Crippen LogP contribution in [0.2, 0.25) is 5.02 Å². The van der Waals surface area contributed by atoms with E-state index in [1.807, 2.05) is 12.1 Å². The number of nitrogens with zero attached hydrogens (tertiary/aromatic N) is 3. The molecule has 9 heteroatoms. The topological polar surface area (TPSA) is 36.3 Å². The van der Waals surface area contributed by atoms with Crippen LogP contribution in [0, 0.1) is 4.77 Å². The van der Waals surface area contributed by atoms with Gasteiger partial charge in [0.15, 0.2) is 10.4 Å². The Morgan fingerprint density at radius 3 is 2.52 bits per heavy atom. The number of likely N-dealkylation sites (N-methyl/N-ethyl adjacent to an activating group) is 1. The summed E-state index contributed by atoms with van der Waals surface area (Å²) >= 11 is 10.6. The van der Waals surface area contributed by atoms with Crippen LogP contribution in [0.3, 0.4) is 0 Å². The Kier molecular flexibility index (Phi) is 6.77. The van der Waals surface area contributed by atoms with Crippen molar-refractivity contribution in [2.45, 2.75) is 19.5 Å². The number of alkyl halides is 3. The summed E-state index contributed by atoms with van der Waals surface area (Å²) in [6.45, 7) is 5.60. The number of aromatic amines is 1. The highest BCUT2D eigenvalue weighted by atomic mass is 35.5. The molecule has 4 rings (SSSR count). The maximum absolute atomic E-state index is 12.4. The predicted octanol–water partition coefficient (Wildman–Crippen LogP) is 5.86. The van der Waals surface area contributed by atoms with E-state index in [1.54, 1.807) is 0 Å². The predicted molar refractivity (Wildman–Crippen MR) is 112 cm³/mol. The molecule has 0 atom stereocenters. The highest BCUT2D eigenvalue weighted by Gasteiger charge is 2.33. The summed E-state index contributed by atoms with van der Waals surface area (Å²) in [7, 11) is 0. The van der Waals surface area contributed by atoms with Gasteiger partial charge in [-0.25, -0.2) is 0 Å². The molecule has 0 spiro atoms. The van der Waals surface area contributed by atoms with E-state index in [2.05, 4.69) is 40.2 Å². The molecule has 154 valence electrons. The number of H-pyrrole nitrogens is 1. The fraction of sp³-hybridized carbons (Fsp3) is 0.300. The summed E-state index contributed by atoms with van der Waals surface area (Å²) in [5.41, 5.74) is 1.77. The minimum atomic E-state index is -4.41. The smallest absolute Gasteiger partial charge is 0.300 e. The van der Waals surface area contributed by atoms with Crippen LogP contribution in [0.4, 0.5) is 13.2 Å². The molecular formula is C20H20ClF3N4S. The number of benzene rings is 1. The Balaban J connectivity index is 0.000000166. The lowest BCUT2D eigenvalue weighted by Crippen LogP contribution is -2.27. The van der Waals surface area contributed by atoms with Gasteiger partial charge in [-0.1, -0.05) is 36.7 Å². The van der Waals surface area contributed by atoms with Crippen LogP contribution in [0.15, 0.2) is 48.7 Å². The van der Waals surface area contributed by atoms with Gasteiger partial charge >= 0.3 is 6.18 Å². The molecule has 1 aliphatic heterocycles. The number of halogens is 4. The van der Waals surface area contributed by atoms with E-state index < -0.39 is 11.7 Å². The standard InChI is InChI=1S/C13H16ClN.C7H4F3N3S/c1-2-15-9-7-12(8-10-15)11-3-5-13(14)6-4-11;8-7(9,10)4-2-1-3-13-5(4)11-12-6(13)14/h3-7H,2,8-10H2,1H3;1-3H,(H,12,14). The molecule has 4 nitrogen and oxygen atoms in total. The lowest BCUT2D eigenvalue weighted by atomic mass is 10.00. The van der Waals surface area contributed by atoms with Crippen molar-refractivity contribution in [1.29, 1.82) is 0 Å². The van der Waals surface area contributed by atoms with Crippen LogP contribution in [0.5, 0.6) is 0 Å². The number of nitrogens with one attached hydrogen (secondary N) is 1. The third-order valence-corrected chi connectivity index (χ3v) is 5.24. The Hall–Kier alpha value is -2.16. The fourth-order valence-corrected chi connectivity index (χ4v) is 3.40. The summed E-state index contributed by atoms with van der Waals surface area (Å²) in [4.78, 5) is 2.44. The fourth-order valence-electron chi connectivity index (χ4n) is 3.08. The zero-order chi connectivity index (χ0) is 21.0. The van der Waals surface area contributed by atoms with E-state index in [-0.39, 0.29) is 10.4 Å². The summed E-state index contributed by atoms with van der Waals surface area (Å²) in [6.07, 6.45) is 0.492. The first-order chi connectivity index (χ1) is 13.8. The van der Waals surface area contributed by atoms with Crippen molar-refractivity contribution in [1.82, 2.24) is 19.5 Å². The number of hydrogen-bond donors (Lipinski definition) is 1. The van der Waals surface area contributed by atoms with E-state index in [0.717, 1.165) is 30.6 Å². The monoisotopic (exact) mass is 440 g/mol. The summed E-state index contributed by atoms with van der Waals surface area (Å²) in [5, 5.41) is 6.63. The van der Waals surface area contributed by atoms with Gasteiger partial charge in [0.05, 0.1) is 0 Å². The number of rotatable bonds is 2. The van der Waals surface area contributed by atoms with Crippen LogP contribution in [0.1, 0.15) is 24.5 Å². The average Bonchev–Trinajstić information content (AvgIpc) is 3.09. The number of hydrogen-bond acceptors (Lipinski definition) is 3. The zero-order valence-corrected chi connectivity index (χ0v) is 17.3. The molecule has 1 N–H and O–H groups in total. The van der Waals surface area contributed by atoms with Crippen molar-refractivity contribution >= 4 is 35.0 Å². The zero-order valence-electron chi connectivity index (χ0n) is 15.7. The van der Waals surface area contributed by atoms with Crippen molar-refractivity contribution in [3.8, 4) is 0 Å². The third-order valence-electron chi connectivity index (χ3n) is 4.70. The third kappa shape index (κ3) is 5.26. The maximum atomic E-state index is 12.4. The Bertz CT molecular complexity index is 1050. The largest absolute Gasteiger partial charge is 0.420 e. The van der Waals surface area contributed by atoms with Gasteiger partial charge in [0.2, 0.25) is 0 Å². The molecule has 0 saturated heterocycles. The molecule has 0 amide bonds. The number of aromatic nitrogens is 3. The normalized spacial score (nSPS) is 15.0. The Morgan fingerprint density at radius 2 is 1.93 bits per heavy atom. The van der Waals surface area contributed by atoms with Gasteiger partial charge < -0.3 is 0 Å². The molecule has 0 radical (unpaired) electrons.